The first kappa shape index (κ1) is 19.1. The third-order valence-electron chi connectivity index (χ3n) is 5.93. The highest BCUT2D eigenvalue weighted by atomic mass is 16.6. The number of nitrogen functional groups attached to an aromatic ring is 1. The van der Waals surface area contributed by atoms with Crippen LogP contribution in [0.4, 0.5) is 5.69 Å². The molecule has 4 rings (SSSR count). The number of hydrogen-bond acceptors (Lipinski definition) is 7. The number of hydrogen-bond donors (Lipinski definition) is 1. The van der Waals surface area contributed by atoms with Gasteiger partial charge in [0.25, 0.3) is 0 Å². The lowest BCUT2D eigenvalue weighted by Crippen LogP contribution is -2.71. The van der Waals surface area contributed by atoms with Crippen LogP contribution in [-0.4, -0.2) is 42.9 Å². The molecule has 28 heavy (non-hydrogen) atoms. The van der Waals surface area contributed by atoms with Crippen LogP contribution in [0.2, 0.25) is 0 Å². The fourth-order valence-corrected chi connectivity index (χ4v) is 4.42. The molecule has 1 aromatic rings. The number of aliphatic imine (C=N–C) groups is 1. The molecule has 3 aliphatic rings. The van der Waals surface area contributed by atoms with Gasteiger partial charge in [-0.25, -0.2) is 4.99 Å². The summed E-state index contributed by atoms with van der Waals surface area (Å²) in [6, 6.07) is 5.59. The van der Waals surface area contributed by atoms with Crippen molar-refractivity contribution >= 4 is 17.6 Å². The van der Waals surface area contributed by atoms with Gasteiger partial charge in [-0.3, -0.25) is 4.79 Å². The molecule has 0 bridgehead atoms. The van der Waals surface area contributed by atoms with Gasteiger partial charge in [-0.1, -0.05) is 0 Å². The normalized spacial score (nSPS) is 26.7. The Morgan fingerprint density at radius 3 is 2.57 bits per heavy atom. The first-order valence-corrected chi connectivity index (χ1v) is 9.58. The number of rotatable bonds is 2. The first-order valence-electron chi connectivity index (χ1n) is 9.58. The molecule has 7 nitrogen and oxygen atoms in total. The van der Waals surface area contributed by atoms with Gasteiger partial charge in [-0.2, -0.15) is 0 Å². The topological polar surface area (TPSA) is 92.4 Å². The summed E-state index contributed by atoms with van der Waals surface area (Å²) < 4.78 is 23.4. The third kappa shape index (κ3) is 2.67. The molecular weight excluding hydrogens is 360 g/mol. The zero-order chi connectivity index (χ0) is 20.4. The number of nitrogens with zero attached hydrogens (tertiary/aromatic N) is 1. The van der Waals surface area contributed by atoms with E-state index in [1.165, 1.54) is 0 Å². The van der Waals surface area contributed by atoms with Gasteiger partial charge in [0.1, 0.15) is 35.5 Å². The highest BCUT2D eigenvalue weighted by molar-refractivity contribution is 5.95. The molecule has 0 radical (unpaired) electrons. The minimum absolute atomic E-state index is 0.00507. The summed E-state index contributed by atoms with van der Waals surface area (Å²) in [6.45, 7) is 10.9. The van der Waals surface area contributed by atoms with Crippen LogP contribution >= 0.6 is 0 Å². The molecule has 0 aromatic heterocycles. The molecular formula is C21H28N2O5. The van der Waals surface area contributed by atoms with Crippen molar-refractivity contribution in [3.05, 3.63) is 23.8 Å². The van der Waals surface area contributed by atoms with Crippen molar-refractivity contribution in [2.45, 2.75) is 57.8 Å². The van der Waals surface area contributed by atoms with Crippen LogP contribution < -0.4 is 10.5 Å². The first-order chi connectivity index (χ1) is 13.0. The Labute approximate surface area is 165 Å². The predicted molar refractivity (Wildman–Crippen MR) is 104 cm³/mol. The van der Waals surface area contributed by atoms with Crippen LogP contribution in [0.5, 0.6) is 5.75 Å². The van der Waals surface area contributed by atoms with Crippen molar-refractivity contribution in [3.63, 3.8) is 0 Å². The molecule has 3 aliphatic heterocycles. The number of benzene rings is 1. The summed E-state index contributed by atoms with van der Waals surface area (Å²) in [6.07, 6.45) is -0.00507. The molecule has 152 valence electrons. The summed E-state index contributed by atoms with van der Waals surface area (Å²) in [5.41, 5.74) is 5.40. The van der Waals surface area contributed by atoms with E-state index >= 15 is 0 Å². The van der Waals surface area contributed by atoms with E-state index in [1.807, 2.05) is 39.0 Å². The standard InChI is InChI=1S/C21H28N2O5/c1-18(2,3)28-17(24)9-16-23-21(12-26-16)14-8-13(22)6-7-15(14)27-19(4,5)20(21)10-25-11-20/h6-8H,9-12,22H2,1-5H3/t21-/m0/s1. The zero-order valence-corrected chi connectivity index (χ0v) is 17.1. The molecule has 0 aliphatic carbocycles. The van der Waals surface area contributed by atoms with Crippen molar-refractivity contribution in [2.75, 3.05) is 25.6 Å². The Hall–Kier alpha value is -2.28. The quantitative estimate of drug-likeness (QED) is 0.619. The summed E-state index contributed by atoms with van der Waals surface area (Å²) in [5.74, 6) is 0.760. The lowest BCUT2D eigenvalue weighted by molar-refractivity contribution is -0.247. The number of carbonyl (C=O) groups is 1. The van der Waals surface area contributed by atoms with Crippen LogP contribution in [0, 0.1) is 5.41 Å². The number of ether oxygens (including phenoxy) is 4. The van der Waals surface area contributed by atoms with Gasteiger partial charge >= 0.3 is 5.97 Å². The van der Waals surface area contributed by atoms with Crippen LogP contribution in [-0.2, 0) is 24.5 Å². The number of esters is 1. The van der Waals surface area contributed by atoms with Crippen molar-refractivity contribution in [2.24, 2.45) is 10.4 Å². The molecule has 1 fully saturated rings. The Morgan fingerprint density at radius 1 is 1.25 bits per heavy atom. The number of fused-ring (bicyclic) bond motifs is 3. The molecule has 2 N–H and O–H groups in total. The number of carbonyl (C=O) groups excluding carboxylic acids is 1. The van der Waals surface area contributed by atoms with E-state index in [0.717, 1.165) is 11.3 Å². The van der Waals surface area contributed by atoms with E-state index < -0.39 is 22.2 Å². The van der Waals surface area contributed by atoms with Crippen LogP contribution in [0.3, 0.4) is 0 Å². The van der Waals surface area contributed by atoms with Crippen molar-refractivity contribution < 1.29 is 23.7 Å². The lowest BCUT2D eigenvalue weighted by Gasteiger charge is -2.61. The predicted octanol–water partition coefficient (Wildman–Crippen LogP) is 2.81. The van der Waals surface area contributed by atoms with Gasteiger partial charge in [-0.05, 0) is 52.8 Å². The highest BCUT2D eigenvalue weighted by Gasteiger charge is 2.71. The van der Waals surface area contributed by atoms with Gasteiger partial charge in [0.05, 0.1) is 18.6 Å². The fourth-order valence-electron chi connectivity index (χ4n) is 4.42. The number of anilines is 1. The lowest BCUT2D eigenvalue weighted by atomic mass is 9.55. The van der Waals surface area contributed by atoms with Gasteiger partial charge in [0, 0.05) is 11.3 Å². The van der Waals surface area contributed by atoms with Crippen molar-refractivity contribution in [1.29, 1.82) is 0 Å². The second kappa shape index (κ2) is 5.86. The monoisotopic (exact) mass is 388 g/mol. The summed E-state index contributed by atoms with van der Waals surface area (Å²) in [5, 5.41) is 0. The summed E-state index contributed by atoms with van der Waals surface area (Å²) >= 11 is 0. The Morgan fingerprint density at radius 2 is 1.96 bits per heavy atom. The molecule has 0 amide bonds. The maximum Gasteiger partial charge on any atom is 0.315 e. The van der Waals surface area contributed by atoms with Crippen LogP contribution in [0.1, 0.15) is 46.6 Å². The van der Waals surface area contributed by atoms with Crippen LogP contribution in [0.25, 0.3) is 0 Å². The molecule has 3 heterocycles. The Bertz CT molecular complexity index is 851. The smallest absolute Gasteiger partial charge is 0.315 e. The largest absolute Gasteiger partial charge is 0.487 e. The Balaban J connectivity index is 1.77. The molecule has 7 heteroatoms. The minimum Gasteiger partial charge on any atom is -0.487 e. The van der Waals surface area contributed by atoms with Crippen molar-refractivity contribution in [3.8, 4) is 5.75 Å². The zero-order valence-electron chi connectivity index (χ0n) is 17.1. The summed E-state index contributed by atoms with van der Waals surface area (Å²) in [7, 11) is 0. The average molecular weight is 388 g/mol. The maximum absolute atomic E-state index is 12.3. The molecule has 1 atom stereocenters. The van der Waals surface area contributed by atoms with Gasteiger partial charge in [0.15, 0.2) is 5.90 Å². The van der Waals surface area contributed by atoms with E-state index in [2.05, 4.69) is 13.8 Å². The summed E-state index contributed by atoms with van der Waals surface area (Å²) in [4.78, 5) is 17.3. The van der Waals surface area contributed by atoms with E-state index in [-0.39, 0.29) is 12.4 Å². The molecule has 1 saturated heterocycles. The fraction of sp³-hybridized carbons (Fsp3) is 0.619. The minimum atomic E-state index is -0.713. The van der Waals surface area contributed by atoms with E-state index in [4.69, 9.17) is 29.7 Å². The van der Waals surface area contributed by atoms with E-state index in [9.17, 15) is 4.79 Å². The molecule has 0 unspecified atom stereocenters. The van der Waals surface area contributed by atoms with Gasteiger partial charge in [0.2, 0.25) is 0 Å². The van der Waals surface area contributed by atoms with E-state index in [1.54, 1.807) is 0 Å². The SMILES string of the molecule is CC(C)(C)OC(=O)CC1=N[C@@]2(CO1)c1cc(N)ccc1OC(C)(C)C21COC1. The maximum atomic E-state index is 12.3. The van der Waals surface area contributed by atoms with Gasteiger partial charge in [-0.15, -0.1) is 0 Å². The van der Waals surface area contributed by atoms with Crippen molar-refractivity contribution in [1.82, 2.24) is 0 Å². The third-order valence-corrected chi connectivity index (χ3v) is 5.93. The highest BCUT2D eigenvalue weighted by Crippen LogP contribution is 2.62. The van der Waals surface area contributed by atoms with Gasteiger partial charge < -0.3 is 24.7 Å². The van der Waals surface area contributed by atoms with Crippen LogP contribution in [0.15, 0.2) is 23.2 Å². The molecule has 1 aromatic carbocycles. The average Bonchev–Trinajstić information content (AvgIpc) is 2.88. The Kier molecular flexibility index (Phi) is 3.99. The molecule has 0 saturated carbocycles. The second-order valence-corrected chi connectivity index (χ2v) is 9.36. The van der Waals surface area contributed by atoms with E-state index in [0.29, 0.717) is 31.4 Å². The number of nitrogens with two attached hydrogens (primary N) is 1. The second-order valence-electron chi connectivity index (χ2n) is 9.36. The molecule has 2 spiro atoms.